The molecule has 0 aliphatic heterocycles. The van der Waals surface area contributed by atoms with Gasteiger partial charge in [0, 0.05) is 22.0 Å². The Morgan fingerprint density at radius 2 is 2.00 bits per heavy atom. The monoisotopic (exact) mass is 280 g/mol. The first-order chi connectivity index (χ1) is 8.70. The fourth-order valence-corrected chi connectivity index (χ4v) is 2.83. The van der Waals surface area contributed by atoms with Crippen molar-refractivity contribution in [1.82, 2.24) is 10.3 Å². The second-order valence-corrected chi connectivity index (χ2v) is 5.92. The second kappa shape index (κ2) is 6.32. The zero-order valence-corrected chi connectivity index (χ0v) is 12.2. The SMILES string of the molecule is CCCNCc1nc(-c2ccc(Cl)cc2)c(C)s1. The van der Waals surface area contributed by atoms with Gasteiger partial charge in [0.25, 0.3) is 0 Å². The van der Waals surface area contributed by atoms with Gasteiger partial charge in [-0.05, 0) is 32.0 Å². The van der Waals surface area contributed by atoms with Gasteiger partial charge < -0.3 is 5.32 Å². The van der Waals surface area contributed by atoms with Crippen molar-refractivity contribution in [3.05, 3.63) is 39.2 Å². The van der Waals surface area contributed by atoms with Crippen molar-refractivity contribution >= 4 is 22.9 Å². The van der Waals surface area contributed by atoms with E-state index in [2.05, 4.69) is 19.2 Å². The summed E-state index contributed by atoms with van der Waals surface area (Å²) in [6.07, 6.45) is 1.15. The normalized spacial score (nSPS) is 10.8. The molecule has 0 unspecified atom stereocenters. The van der Waals surface area contributed by atoms with Crippen molar-refractivity contribution in [3.8, 4) is 11.3 Å². The molecular weight excluding hydrogens is 264 g/mol. The molecule has 0 saturated heterocycles. The van der Waals surface area contributed by atoms with E-state index in [9.17, 15) is 0 Å². The largest absolute Gasteiger partial charge is 0.310 e. The van der Waals surface area contributed by atoms with Gasteiger partial charge in [0.1, 0.15) is 5.01 Å². The average Bonchev–Trinajstić information content (AvgIpc) is 2.72. The van der Waals surface area contributed by atoms with Crippen LogP contribution in [0, 0.1) is 6.92 Å². The summed E-state index contributed by atoms with van der Waals surface area (Å²) in [4.78, 5) is 5.95. The minimum Gasteiger partial charge on any atom is -0.310 e. The molecule has 0 amide bonds. The van der Waals surface area contributed by atoms with Gasteiger partial charge in [0.05, 0.1) is 5.69 Å². The molecule has 0 aliphatic rings. The molecule has 0 bridgehead atoms. The van der Waals surface area contributed by atoms with E-state index in [1.807, 2.05) is 24.3 Å². The van der Waals surface area contributed by atoms with Crippen molar-refractivity contribution in [2.24, 2.45) is 0 Å². The first-order valence-electron chi connectivity index (χ1n) is 6.13. The lowest BCUT2D eigenvalue weighted by Crippen LogP contribution is -2.13. The van der Waals surface area contributed by atoms with Crippen LogP contribution >= 0.6 is 22.9 Å². The highest BCUT2D eigenvalue weighted by atomic mass is 35.5. The van der Waals surface area contributed by atoms with Crippen molar-refractivity contribution in [2.45, 2.75) is 26.8 Å². The zero-order chi connectivity index (χ0) is 13.0. The maximum Gasteiger partial charge on any atom is 0.107 e. The third-order valence-electron chi connectivity index (χ3n) is 2.66. The van der Waals surface area contributed by atoms with E-state index >= 15 is 0 Å². The molecule has 1 N–H and O–H groups in total. The molecular formula is C14H17ClN2S. The van der Waals surface area contributed by atoms with Gasteiger partial charge in [0.15, 0.2) is 0 Å². The van der Waals surface area contributed by atoms with Crippen LogP contribution in [-0.2, 0) is 6.54 Å². The fourth-order valence-electron chi connectivity index (χ4n) is 1.77. The van der Waals surface area contributed by atoms with Gasteiger partial charge in [-0.25, -0.2) is 4.98 Å². The average molecular weight is 281 g/mol. The number of hydrogen-bond donors (Lipinski definition) is 1. The molecule has 1 aromatic heterocycles. The van der Waals surface area contributed by atoms with Gasteiger partial charge in [-0.15, -0.1) is 11.3 Å². The summed E-state index contributed by atoms with van der Waals surface area (Å²) in [7, 11) is 0. The summed E-state index contributed by atoms with van der Waals surface area (Å²) in [5.41, 5.74) is 2.21. The fraction of sp³-hybridized carbons (Fsp3) is 0.357. The molecule has 2 aromatic rings. The number of rotatable bonds is 5. The number of thiazole rings is 1. The Morgan fingerprint density at radius 1 is 1.28 bits per heavy atom. The number of aromatic nitrogens is 1. The third-order valence-corrected chi connectivity index (χ3v) is 3.88. The quantitative estimate of drug-likeness (QED) is 0.827. The molecule has 0 fully saturated rings. The zero-order valence-electron chi connectivity index (χ0n) is 10.7. The number of aryl methyl sites for hydroxylation is 1. The lowest BCUT2D eigenvalue weighted by atomic mass is 10.1. The van der Waals surface area contributed by atoms with Crippen LogP contribution in [0.2, 0.25) is 5.02 Å². The summed E-state index contributed by atoms with van der Waals surface area (Å²) in [5, 5.41) is 5.28. The summed E-state index contributed by atoms with van der Waals surface area (Å²) >= 11 is 7.66. The van der Waals surface area contributed by atoms with E-state index in [4.69, 9.17) is 16.6 Å². The standard InChI is InChI=1S/C14H17ClN2S/c1-3-8-16-9-13-17-14(10(2)18-13)11-4-6-12(15)7-5-11/h4-7,16H,3,8-9H2,1-2H3. The number of nitrogens with zero attached hydrogens (tertiary/aromatic N) is 1. The van der Waals surface area contributed by atoms with Crippen LogP contribution < -0.4 is 5.32 Å². The maximum atomic E-state index is 5.90. The molecule has 0 atom stereocenters. The van der Waals surface area contributed by atoms with Gasteiger partial charge in [-0.2, -0.15) is 0 Å². The van der Waals surface area contributed by atoms with E-state index in [1.54, 1.807) is 11.3 Å². The predicted octanol–water partition coefficient (Wildman–Crippen LogP) is 4.27. The molecule has 96 valence electrons. The van der Waals surface area contributed by atoms with Crippen LogP contribution in [0.1, 0.15) is 23.2 Å². The molecule has 0 aliphatic carbocycles. The van der Waals surface area contributed by atoms with Gasteiger partial charge in [-0.1, -0.05) is 30.7 Å². The Kier molecular flexibility index (Phi) is 4.75. The predicted molar refractivity (Wildman–Crippen MR) is 79.3 cm³/mol. The number of nitrogens with one attached hydrogen (secondary N) is 1. The highest BCUT2D eigenvalue weighted by molar-refractivity contribution is 7.12. The molecule has 1 aromatic carbocycles. The van der Waals surface area contributed by atoms with Crippen LogP contribution in [0.3, 0.4) is 0 Å². The van der Waals surface area contributed by atoms with Crippen molar-refractivity contribution < 1.29 is 0 Å². The van der Waals surface area contributed by atoms with Gasteiger partial charge >= 0.3 is 0 Å². The Hall–Kier alpha value is -0.900. The molecule has 4 heteroatoms. The van der Waals surface area contributed by atoms with Gasteiger partial charge in [-0.3, -0.25) is 0 Å². The summed E-state index contributed by atoms with van der Waals surface area (Å²) in [6.45, 7) is 6.17. The minimum absolute atomic E-state index is 0.761. The Bertz CT molecular complexity index is 505. The first kappa shape index (κ1) is 13.5. The van der Waals surface area contributed by atoms with Crippen molar-refractivity contribution in [2.75, 3.05) is 6.54 Å². The van der Waals surface area contributed by atoms with E-state index in [-0.39, 0.29) is 0 Å². The molecule has 0 spiro atoms. The molecule has 2 rings (SSSR count). The molecule has 2 nitrogen and oxygen atoms in total. The summed E-state index contributed by atoms with van der Waals surface area (Å²) < 4.78 is 0. The van der Waals surface area contributed by atoms with Crippen LogP contribution in [0.15, 0.2) is 24.3 Å². The molecule has 1 heterocycles. The Morgan fingerprint density at radius 3 is 2.67 bits per heavy atom. The number of halogens is 1. The number of hydrogen-bond acceptors (Lipinski definition) is 3. The minimum atomic E-state index is 0.761. The third kappa shape index (κ3) is 3.31. The van der Waals surface area contributed by atoms with E-state index in [0.29, 0.717) is 0 Å². The Balaban J connectivity index is 2.16. The highest BCUT2D eigenvalue weighted by Crippen LogP contribution is 2.28. The van der Waals surface area contributed by atoms with Crippen LogP contribution in [0.25, 0.3) is 11.3 Å². The smallest absolute Gasteiger partial charge is 0.107 e. The Labute approximate surface area is 117 Å². The van der Waals surface area contributed by atoms with Crippen molar-refractivity contribution in [3.63, 3.8) is 0 Å². The molecule has 0 radical (unpaired) electrons. The maximum absolute atomic E-state index is 5.90. The first-order valence-corrected chi connectivity index (χ1v) is 7.33. The summed E-state index contributed by atoms with van der Waals surface area (Å²) in [5.74, 6) is 0. The molecule has 0 saturated carbocycles. The van der Waals surface area contributed by atoms with Crippen LogP contribution in [-0.4, -0.2) is 11.5 Å². The topological polar surface area (TPSA) is 24.9 Å². The van der Waals surface area contributed by atoms with Crippen LogP contribution in [0.5, 0.6) is 0 Å². The van der Waals surface area contributed by atoms with Crippen LogP contribution in [0.4, 0.5) is 0 Å². The lowest BCUT2D eigenvalue weighted by molar-refractivity contribution is 0.673. The van der Waals surface area contributed by atoms with Crippen molar-refractivity contribution in [1.29, 1.82) is 0 Å². The van der Waals surface area contributed by atoms with E-state index in [1.165, 1.54) is 4.88 Å². The summed E-state index contributed by atoms with van der Waals surface area (Å²) in [6, 6.07) is 7.86. The van der Waals surface area contributed by atoms with E-state index < -0.39 is 0 Å². The highest BCUT2D eigenvalue weighted by Gasteiger charge is 2.09. The van der Waals surface area contributed by atoms with Gasteiger partial charge in [0.2, 0.25) is 0 Å². The second-order valence-electron chi connectivity index (χ2n) is 4.20. The van der Waals surface area contributed by atoms with E-state index in [0.717, 1.165) is 40.8 Å². The lowest BCUT2D eigenvalue weighted by Gasteiger charge is -1.99. The number of benzene rings is 1. The molecule has 18 heavy (non-hydrogen) atoms.